The number of ether oxygens (including phenoxy) is 1. The molecule has 1 amide bonds. The van der Waals surface area contributed by atoms with E-state index >= 15 is 0 Å². The van der Waals surface area contributed by atoms with Gasteiger partial charge < -0.3 is 15.0 Å². The van der Waals surface area contributed by atoms with Gasteiger partial charge in [0.2, 0.25) is 0 Å². The molecule has 25 heavy (non-hydrogen) atoms. The molecule has 0 spiro atoms. The monoisotopic (exact) mass is 363 g/mol. The molecular weight excluding hydrogens is 343 g/mol. The molecule has 0 radical (unpaired) electrons. The van der Waals surface area contributed by atoms with Gasteiger partial charge in [-0.25, -0.2) is 9.48 Å². The van der Waals surface area contributed by atoms with Gasteiger partial charge in [0.15, 0.2) is 5.69 Å². The van der Waals surface area contributed by atoms with Crippen molar-refractivity contribution in [3.8, 4) is 0 Å². The van der Waals surface area contributed by atoms with E-state index < -0.39 is 12.1 Å². The first-order chi connectivity index (χ1) is 11.8. The lowest BCUT2D eigenvalue weighted by Crippen LogP contribution is -2.46. The van der Waals surface area contributed by atoms with Crippen LogP contribution in [0.5, 0.6) is 0 Å². The highest BCUT2D eigenvalue weighted by Gasteiger charge is 2.40. The van der Waals surface area contributed by atoms with Gasteiger partial charge in [0, 0.05) is 32.7 Å². The Morgan fingerprint density at radius 3 is 2.56 bits per heavy atom. The summed E-state index contributed by atoms with van der Waals surface area (Å²) in [6, 6.07) is 0. The molecule has 0 atom stereocenters. The highest BCUT2D eigenvalue weighted by atomic mass is 19.4. The second-order valence-electron chi connectivity index (χ2n) is 5.63. The van der Waals surface area contributed by atoms with Crippen LogP contribution in [-0.2, 0) is 16.1 Å². The summed E-state index contributed by atoms with van der Waals surface area (Å²) in [6.07, 6.45) is -4.28. The third-order valence-corrected chi connectivity index (χ3v) is 3.82. The van der Waals surface area contributed by atoms with E-state index in [0.717, 1.165) is 13.1 Å². The third-order valence-electron chi connectivity index (χ3n) is 3.82. The average Bonchev–Trinajstić information content (AvgIpc) is 2.94. The maximum absolute atomic E-state index is 12.4. The predicted octanol–water partition coefficient (Wildman–Crippen LogP) is 0.518. The molecule has 2 heterocycles. The van der Waals surface area contributed by atoms with Gasteiger partial charge in [-0.3, -0.25) is 4.79 Å². The van der Waals surface area contributed by atoms with Crippen molar-refractivity contribution in [1.29, 1.82) is 0 Å². The number of nitrogens with one attached hydrogen (secondary N) is 1. The van der Waals surface area contributed by atoms with Crippen molar-refractivity contribution >= 4 is 11.9 Å². The predicted molar refractivity (Wildman–Crippen MR) is 79.8 cm³/mol. The number of halogens is 3. The number of nitrogens with zero attached hydrogens (tertiary/aromatic N) is 4. The lowest BCUT2D eigenvalue weighted by molar-refractivity contribution is -0.199. The highest BCUT2D eigenvalue weighted by Crippen LogP contribution is 2.16. The van der Waals surface area contributed by atoms with Crippen molar-refractivity contribution < 1.29 is 27.5 Å². The average molecular weight is 363 g/mol. The Labute approximate surface area is 142 Å². The zero-order valence-corrected chi connectivity index (χ0v) is 13.8. The lowest BCUT2D eigenvalue weighted by Gasteiger charge is -2.26. The van der Waals surface area contributed by atoms with Gasteiger partial charge in [0.25, 0.3) is 5.91 Å². The number of amides is 1. The fraction of sp³-hybridized carbons (Fsp3) is 0.714. The number of aromatic nitrogens is 3. The first-order valence-electron chi connectivity index (χ1n) is 7.94. The third kappa shape index (κ3) is 5.15. The van der Waals surface area contributed by atoms with Crippen molar-refractivity contribution in [2.45, 2.75) is 32.5 Å². The van der Waals surface area contributed by atoms with E-state index in [-0.39, 0.29) is 24.6 Å². The maximum Gasteiger partial charge on any atom is 0.490 e. The summed E-state index contributed by atoms with van der Waals surface area (Å²) in [6.45, 7) is 4.45. The van der Waals surface area contributed by atoms with Crippen molar-refractivity contribution in [1.82, 2.24) is 25.2 Å². The number of piperazine rings is 1. The second kappa shape index (κ2) is 8.28. The Hall–Kier alpha value is -2.17. The maximum atomic E-state index is 12.4. The van der Waals surface area contributed by atoms with Crippen LogP contribution in [0, 0.1) is 6.92 Å². The number of hydrogen-bond acceptors (Lipinski definition) is 6. The molecule has 0 aromatic carbocycles. The minimum atomic E-state index is -4.97. The van der Waals surface area contributed by atoms with Crippen LogP contribution in [0.2, 0.25) is 0 Å². The molecule has 8 nitrogen and oxygen atoms in total. The number of hydrogen-bond donors (Lipinski definition) is 1. The van der Waals surface area contributed by atoms with E-state index in [9.17, 15) is 22.8 Å². The van der Waals surface area contributed by atoms with Crippen LogP contribution in [0.25, 0.3) is 0 Å². The topological polar surface area (TPSA) is 89.3 Å². The Kier molecular flexibility index (Phi) is 6.34. The van der Waals surface area contributed by atoms with Gasteiger partial charge in [0.1, 0.15) is 0 Å². The molecule has 1 fully saturated rings. The van der Waals surface area contributed by atoms with Gasteiger partial charge in [-0.15, -0.1) is 5.10 Å². The number of aryl methyl sites for hydroxylation is 1. The van der Waals surface area contributed by atoms with Crippen molar-refractivity contribution in [3.63, 3.8) is 0 Å². The first-order valence-corrected chi connectivity index (χ1v) is 7.94. The molecule has 1 aliphatic rings. The smallest absolute Gasteiger partial charge is 0.459 e. The summed E-state index contributed by atoms with van der Waals surface area (Å²) in [5.41, 5.74) is 0.890. The molecule has 140 valence electrons. The molecule has 0 saturated carbocycles. The summed E-state index contributed by atoms with van der Waals surface area (Å²) in [5.74, 6) is -2.36. The number of rotatable bonds is 6. The number of esters is 1. The Bertz CT molecular complexity index is 611. The quantitative estimate of drug-likeness (QED) is 0.585. The molecule has 1 aliphatic heterocycles. The van der Waals surface area contributed by atoms with Crippen LogP contribution in [-0.4, -0.2) is 70.7 Å². The van der Waals surface area contributed by atoms with E-state index in [2.05, 4.69) is 20.4 Å². The highest BCUT2D eigenvalue weighted by molar-refractivity contribution is 5.93. The van der Waals surface area contributed by atoms with E-state index in [1.165, 1.54) is 4.68 Å². The van der Waals surface area contributed by atoms with Gasteiger partial charge in [-0.1, -0.05) is 5.21 Å². The number of unbranched alkanes of at least 4 members (excludes halogenated alkanes) is 1. The summed E-state index contributed by atoms with van der Waals surface area (Å²) < 4.78 is 41.6. The number of alkyl halides is 3. The van der Waals surface area contributed by atoms with E-state index in [1.54, 1.807) is 11.8 Å². The van der Waals surface area contributed by atoms with Gasteiger partial charge in [0.05, 0.1) is 12.3 Å². The first kappa shape index (κ1) is 19.2. The fourth-order valence-corrected chi connectivity index (χ4v) is 2.40. The Morgan fingerprint density at radius 2 is 1.92 bits per heavy atom. The molecule has 1 saturated heterocycles. The van der Waals surface area contributed by atoms with Crippen molar-refractivity contribution in [2.24, 2.45) is 0 Å². The minimum absolute atomic E-state index is 0.177. The van der Waals surface area contributed by atoms with Crippen LogP contribution in [0.1, 0.15) is 29.0 Å². The standard InChI is InChI=1S/C14H20F3N5O3/c1-10-11(12(23)21-7-4-18-5-8-21)19-20-22(10)6-2-3-9-25-13(24)14(15,16)17/h18H,2-9H2,1H3. The zero-order valence-electron chi connectivity index (χ0n) is 13.8. The normalized spacial score (nSPS) is 15.3. The van der Waals surface area contributed by atoms with Gasteiger partial charge in [-0.05, 0) is 19.8 Å². The van der Waals surface area contributed by atoms with E-state index in [0.29, 0.717) is 31.7 Å². The largest absolute Gasteiger partial charge is 0.490 e. The van der Waals surface area contributed by atoms with Gasteiger partial charge in [-0.2, -0.15) is 13.2 Å². The summed E-state index contributed by atoms with van der Waals surface area (Å²) in [5, 5.41) is 11.0. The van der Waals surface area contributed by atoms with Crippen LogP contribution < -0.4 is 5.32 Å². The molecule has 2 rings (SSSR count). The van der Waals surface area contributed by atoms with Crippen molar-refractivity contribution in [2.75, 3.05) is 32.8 Å². The molecule has 11 heteroatoms. The summed E-state index contributed by atoms with van der Waals surface area (Å²) in [4.78, 5) is 24.7. The van der Waals surface area contributed by atoms with Crippen LogP contribution >= 0.6 is 0 Å². The Morgan fingerprint density at radius 1 is 1.24 bits per heavy atom. The van der Waals surface area contributed by atoms with Crippen LogP contribution in [0.15, 0.2) is 0 Å². The number of carbonyl (C=O) groups excluding carboxylic acids is 2. The summed E-state index contributed by atoms with van der Waals surface area (Å²) >= 11 is 0. The molecular formula is C14H20F3N5O3. The fourth-order valence-electron chi connectivity index (χ4n) is 2.40. The molecule has 1 aromatic heterocycles. The Balaban J connectivity index is 1.79. The van der Waals surface area contributed by atoms with E-state index in [4.69, 9.17) is 0 Å². The molecule has 0 unspecified atom stereocenters. The van der Waals surface area contributed by atoms with Crippen LogP contribution in [0.4, 0.5) is 13.2 Å². The minimum Gasteiger partial charge on any atom is -0.459 e. The molecule has 0 bridgehead atoms. The molecule has 0 aliphatic carbocycles. The number of carbonyl (C=O) groups is 2. The zero-order chi connectivity index (χ0) is 18.4. The molecule has 1 aromatic rings. The van der Waals surface area contributed by atoms with Gasteiger partial charge >= 0.3 is 12.1 Å². The second-order valence-corrected chi connectivity index (χ2v) is 5.63. The molecule has 1 N–H and O–H groups in total. The summed E-state index contributed by atoms with van der Waals surface area (Å²) in [7, 11) is 0. The lowest BCUT2D eigenvalue weighted by atomic mass is 10.2. The van der Waals surface area contributed by atoms with E-state index in [1.807, 2.05) is 0 Å². The SMILES string of the molecule is Cc1c(C(=O)N2CCNCC2)nnn1CCCCOC(=O)C(F)(F)F. The van der Waals surface area contributed by atoms with Crippen LogP contribution in [0.3, 0.4) is 0 Å². The van der Waals surface area contributed by atoms with Crippen molar-refractivity contribution in [3.05, 3.63) is 11.4 Å².